The van der Waals surface area contributed by atoms with Gasteiger partial charge in [0.2, 0.25) is 0 Å². The van der Waals surface area contributed by atoms with Gasteiger partial charge in [0.05, 0.1) is 7.11 Å². The summed E-state index contributed by atoms with van der Waals surface area (Å²) in [5.41, 5.74) is 0.405. The molecular formula is C35H54O5. The van der Waals surface area contributed by atoms with Crippen molar-refractivity contribution in [2.75, 3.05) is 7.11 Å². The van der Waals surface area contributed by atoms with Gasteiger partial charge < -0.3 is 9.47 Å². The molecule has 5 heteroatoms. The van der Waals surface area contributed by atoms with Crippen LogP contribution >= 0.6 is 0 Å². The Morgan fingerprint density at radius 1 is 0.950 bits per heavy atom. The molecule has 4 saturated carbocycles. The maximum Gasteiger partial charge on any atom is 0.316 e. The molecule has 5 nitrogen and oxygen atoms in total. The van der Waals surface area contributed by atoms with Gasteiger partial charge in [-0.1, -0.05) is 67.0 Å². The molecule has 0 aromatic heterocycles. The molecule has 0 N–H and O–H groups in total. The zero-order valence-electron chi connectivity index (χ0n) is 26.7. The molecule has 5 rings (SSSR count). The van der Waals surface area contributed by atoms with Crippen LogP contribution in [0.3, 0.4) is 0 Å². The zero-order valence-corrected chi connectivity index (χ0v) is 26.7. The molecule has 224 valence electrons. The molecule has 0 saturated heterocycles. The fraction of sp³-hybridized carbons (Fsp3) is 0.857. The molecule has 0 radical (unpaired) electrons. The molecule has 0 heterocycles. The third kappa shape index (κ3) is 3.87. The van der Waals surface area contributed by atoms with Gasteiger partial charge in [0.15, 0.2) is 0 Å². The van der Waals surface area contributed by atoms with Crippen LogP contribution in [0.25, 0.3) is 0 Å². The highest BCUT2D eigenvalue weighted by Gasteiger charge is 2.71. The van der Waals surface area contributed by atoms with Crippen LogP contribution in [-0.4, -0.2) is 30.9 Å². The number of ketones is 1. The van der Waals surface area contributed by atoms with Crippen LogP contribution in [0.5, 0.6) is 0 Å². The highest BCUT2D eigenvalue weighted by atomic mass is 16.6. The number of hydrogen-bond donors (Lipinski definition) is 0. The average molecular weight is 555 g/mol. The second-order valence-electron chi connectivity index (χ2n) is 16.3. The summed E-state index contributed by atoms with van der Waals surface area (Å²) in [4.78, 5) is 39.8. The van der Waals surface area contributed by atoms with E-state index in [-0.39, 0.29) is 44.9 Å². The summed E-state index contributed by atoms with van der Waals surface area (Å²) in [6.45, 7) is 18.4. The van der Waals surface area contributed by atoms with E-state index in [4.69, 9.17) is 9.47 Å². The number of rotatable bonds is 4. The highest BCUT2D eigenvalue weighted by molar-refractivity contribution is 5.85. The van der Waals surface area contributed by atoms with E-state index >= 15 is 0 Å². The molecular weight excluding hydrogens is 500 g/mol. The first-order valence-electron chi connectivity index (χ1n) is 16.1. The van der Waals surface area contributed by atoms with Crippen molar-refractivity contribution < 1.29 is 23.9 Å². The van der Waals surface area contributed by atoms with Crippen molar-refractivity contribution in [1.29, 1.82) is 0 Å². The van der Waals surface area contributed by atoms with E-state index in [2.05, 4.69) is 54.5 Å². The molecule has 0 aromatic carbocycles. The molecule has 0 unspecified atom stereocenters. The second kappa shape index (κ2) is 9.43. The normalized spacial score (nSPS) is 45.1. The van der Waals surface area contributed by atoms with E-state index in [0.29, 0.717) is 43.3 Å². The number of fused-ring (bicyclic) bond motifs is 7. The summed E-state index contributed by atoms with van der Waals surface area (Å²) in [6, 6.07) is 0. The maximum absolute atomic E-state index is 13.9. The van der Waals surface area contributed by atoms with Gasteiger partial charge in [0, 0.05) is 24.2 Å². The lowest BCUT2D eigenvalue weighted by Gasteiger charge is -2.70. The number of esters is 2. The number of methoxy groups -OCH3 is 1. The van der Waals surface area contributed by atoms with Gasteiger partial charge in [-0.25, -0.2) is 0 Å². The molecule has 5 aliphatic rings. The van der Waals surface area contributed by atoms with E-state index in [1.807, 2.05) is 6.92 Å². The van der Waals surface area contributed by atoms with Crippen molar-refractivity contribution in [1.82, 2.24) is 0 Å². The van der Waals surface area contributed by atoms with Crippen LogP contribution < -0.4 is 0 Å². The first-order chi connectivity index (χ1) is 18.5. The molecule has 5 aliphatic carbocycles. The molecule has 0 aliphatic heterocycles. The molecule has 8 atom stereocenters. The van der Waals surface area contributed by atoms with Crippen molar-refractivity contribution in [3.63, 3.8) is 0 Å². The smallest absolute Gasteiger partial charge is 0.316 e. The number of allylic oxidation sites excluding steroid dienone is 2. The van der Waals surface area contributed by atoms with Gasteiger partial charge in [0.25, 0.3) is 0 Å². The third-order valence-corrected chi connectivity index (χ3v) is 13.7. The Kier molecular flexibility index (Phi) is 7.03. The van der Waals surface area contributed by atoms with Crippen molar-refractivity contribution >= 4 is 17.7 Å². The van der Waals surface area contributed by atoms with Crippen LogP contribution in [0.2, 0.25) is 0 Å². The topological polar surface area (TPSA) is 69.7 Å². The first kappa shape index (κ1) is 29.8. The number of ether oxygens (including phenoxy) is 2. The minimum atomic E-state index is -0.831. The zero-order chi connectivity index (χ0) is 29.5. The summed E-state index contributed by atoms with van der Waals surface area (Å²) in [7, 11) is 1.49. The average Bonchev–Trinajstić information content (AvgIpc) is 2.86. The summed E-state index contributed by atoms with van der Waals surface area (Å²) in [6.07, 6.45) is 11.2. The fourth-order valence-corrected chi connectivity index (χ4v) is 11.3. The lowest BCUT2D eigenvalue weighted by molar-refractivity contribution is -0.208. The lowest BCUT2D eigenvalue weighted by atomic mass is 9.33. The first-order valence-corrected chi connectivity index (χ1v) is 16.1. The van der Waals surface area contributed by atoms with Gasteiger partial charge in [-0.3, -0.25) is 14.4 Å². The van der Waals surface area contributed by atoms with Crippen molar-refractivity contribution in [3.8, 4) is 0 Å². The Hall–Kier alpha value is -1.65. The van der Waals surface area contributed by atoms with Gasteiger partial charge in [-0.2, -0.15) is 0 Å². The number of carbonyl (C=O) groups excluding carboxylic acids is 3. The highest BCUT2D eigenvalue weighted by Crippen LogP contribution is 2.75. The molecule has 0 spiro atoms. The van der Waals surface area contributed by atoms with Crippen LogP contribution in [0.4, 0.5) is 0 Å². The monoisotopic (exact) mass is 554 g/mol. The summed E-state index contributed by atoms with van der Waals surface area (Å²) < 4.78 is 11.8. The molecule has 0 bridgehead atoms. The minimum Gasteiger partial charge on any atom is -0.468 e. The Labute approximate surface area is 242 Å². The van der Waals surface area contributed by atoms with Crippen LogP contribution in [0.15, 0.2) is 11.6 Å². The van der Waals surface area contributed by atoms with Gasteiger partial charge >= 0.3 is 11.9 Å². The maximum atomic E-state index is 13.9. The Balaban J connectivity index is 1.61. The fourth-order valence-electron chi connectivity index (χ4n) is 11.3. The van der Waals surface area contributed by atoms with Gasteiger partial charge in [-0.05, 0) is 91.3 Å². The van der Waals surface area contributed by atoms with Crippen LogP contribution in [0.1, 0.15) is 126 Å². The van der Waals surface area contributed by atoms with Crippen molar-refractivity contribution in [3.05, 3.63) is 11.6 Å². The minimum absolute atomic E-state index is 0.00504. The Bertz CT molecular complexity index is 1120. The van der Waals surface area contributed by atoms with E-state index in [1.54, 1.807) is 0 Å². The van der Waals surface area contributed by atoms with E-state index < -0.39 is 11.5 Å². The summed E-state index contributed by atoms with van der Waals surface area (Å²) >= 11 is 0. The van der Waals surface area contributed by atoms with Crippen LogP contribution in [-0.2, 0) is 23.9 Å². The van der Waals surface area contributed by atoms with E-state index in [1.165, 1.54) is 12.7 Å². The van der Waals surface area contributed by atoms with E-state index in [0.717, 1.165) is 44.9 Å². The molecule has 4 fully saturated rings. The molecule has 0 aromatic rings. The predicted molar refractivity (Wildman–Crippen MR) is 156 cm³/mol. The number of carbonyl (C=O) groups is 3. The van der Waals surface area contributed by atoms with Gasteiger partial charge in [-0.15, -0.1) is 0 Å². The van der Waals surface area contributed by atoms with Gasteiger partial charge in [0.1, 0.15) is 17.3 Å². The molecule has 40 heavy (non-hydrogen) atoms. The Morgan fingerprint density at radius 2 is 1.65 bits per heavy atom. The Morgan fingerprint density at radius 3 is 2.30 bits per heavy atom. The van der Waals surface area contributed by atoms with E-state index in [9.17, 15) is 14.4 Å². The van der Waals surface area contributed by atoms with Crippen molar-refractivity contribution in [2.24, 2.45) is 50.2 Å². The summed E-state index contributed by atoms with van der Waals surface area (Å²) in [5, 5.41) is 0. The quantitative estimate of drug-likeness (QED) is 0.261. The van der Waals surface area contributed by atoms with Crippen LogP contribution in [0, 0.1) is 50.2 Å². The molecule has 0 amide bonds. The SMILES string of the molecule is CCCC(=O)O[C@@H]1CC(C)(C)C[C@H]2C3=CC[C@@H]4[C@@]5(C)CCC(=O)C(C)(C)[C@@H]5CC[C@@]4(C)[C@]3(C)CC[C@@]12C(=O)OC. The second-order valence-corrected chi connectivity index (χ2v) is 16.3. The standard InChI is InChI=1S/C35H54O5/c1-10-11-28(37)40-27-21-30(2,3)20-23-22-12-13-25-32(6)16-15-26(36)31(4,5)24(32)14-17-34(25,8)33(22,7)18-19-35(23,27)29(38)39-9/h12,23-25,27H,10-11,13-21H2,1-9H3/t23-,24-,25+,27+,32-,33+,34+,35-/m0/s1. The number of Topliss-reactive ketones (excluding diaryl/α,β-unsaturated/α-hetero) is 1. The lowest BCUT2D eigenvalue weighted by Crippen LogP contribution is -2.66. The third-order valence-electron chi connectivity index (χ3n) is 13.7. The predicted octanol–water partition coefficient (Wildman–Crippen LogP) is 7.85. The summed E-state index contributed by atoms with van der Waals surface area (Å²) in [5.74, 6) is 0.929. The number of hydrogen-bond acceptors (Lipinski definition) is 5. The largest absolute Gasteiger partial charge is 0.468 e. The van der Waals surface area contributed by atoms with Crippen molar-refractivity contribution in [2.45, 2.75) is 132 Å².